The molecule has 7 heteroatoms. The predicted octanol–water partition coefficient (Wildman–Crippen LogP) is 2.76. The lowest BCUT2D eigenvalue weighted by Crippen LogP contribution is -2.54. The SMILES string of the molecule is COc1cc(N2CCN(C(=O)CCl)C(C)C2)c(F)cc1Cl. The average Bonchev–Trinajstić information content (AvgIpc) is 2.46. The van der Waals surface area contributed by atoms with Crippen molar-refractivity contribution in [3.8, 4) is 5.75 Å². The van der Waals surface area contributed by atoms with Crippen LogP contribution in [0.1, 0.15) is 6.92 Å². The van der Waals surface area contributed by atoms with Gasteiger partial charge in [-0.1, -0.05) is 11.6 Å². The molecule has 0 saturated carbocycles. The van der Waals surface area contributed by atoms with Gasteiger partial charge in [-0.25, -0.2) is 4.39 Å². The van der Waals surface area contributed by atoms with Crippen molar-refractivity contribution >= 4 is 34.8 Å². The predicted molar refractivity (Wildman–Crippen MR) is 82.1 cm³/mol. The van der Waals surface area contributed by atoms with Crippen LogP contribution in [0.5, 0.6) is 5.75 Å². The fourth-order valence-electron chi connectivity index (χ4n) is 2.54. The third kappa shape index (κ3) is 3.35. The van der Waals surface area contributed by atoms with Crippen LogP contribution in [0.2, 0.25) is 5.02 Å². The number of amides is 1. The van der Waals surface area contributed by atoms with Crippen LogP contribution in [0.4, 0.5) is 10.1 Å². The third-order valence-electron chi connectivity index (χ3n) is 3.62. The first kappa shape index (κ1) is 16.2. The Hall–Kier alpha value is -1.20. The van der Waals surface area contributed by atoms with Gasteiger partial charge in [-0.15, -0.1) is 11.6 Å². The van der Waals surface area contributed by atoms with Gasteiger partial charge in [0.15, 0.2) is 0 Å². The average molecular weight is 335 g/mol. The molecule has 0 radical (unpaired) electrons. The second-order valence-electron chi connectivity index (χ2n) is 4.95. The largest absolute Gasteiger partial charge is 0.495 e. The number of rotatable bonds is 3. The van der Waals surface area contributed by atoms with Crippen molar-refractivity contribution in [2.24, 2.45) is 0 Å². The van der Waals surface area contributed by atoms with Crippen LogP contribution < -0.4 is 9.64 Å². The maximum atomic E-state index is 14.1. The van der Waals surface area contributed by atoms with Crippen molar-refractivity contribution in [2.45, 2.75) is 13.0 Å². The quantitative estimate of drug-likeness (QED) is 0.797. The summed E-state index contributed by atoms with van der Waals surface area (Å²) >= 11 is 11.5. The fourth-order valence-corrected chi connectivity index (χ4v) is 2.92. The van der Waals surface area contributed by atoms with Crippen molar-refractivity contribution in [1.82, 2.24) is 4.90 Å². The van der Waals surface area contributed by atoms with Crippen molar-refractivity contribution in [2.75, 3.05) is 37.5 Å². The fraction of sp³-hybridized carbons (Fsp3) is 0.500. The summed E-state index contributed by atoms with van der Waals surface area (Å²) in [6.45, 7) is 3.50. The summed E-state index contributed by atoms with van der Waals surface area (Å²) in [5, 5.41) is 0.239. The number of carbonyl (C=O) groups is 1. The number of methoxy groups -OCH3 is 1. The normalized spacial score (nSPS) is 18.8. The van der Waals surface area contributed by atoms with E-state index in [0.29, 0.717) is 31.1 Å². The molecule has 2 rings (SSSR count). The molecular weight excluding hydrogens is 318 g/mol. The van der Waals surface area contributed by atoms with E-state index in [-0.39, 0.29) is 22.9 Å². The number of hydrogen-bond donors (Lipinski definition) is 0. The highest BCUT2D eigenvalue weighted by atomic mass is 35.5. The van der Waals surface area contributed by atoms with E-state index < -0.39 is 5.82 Å². The molecule has 1 saturated heterocycles. The van der Waals surface area contributed by atoms with E-state index in [4.69, 9.17) is 27.9 Å². The molecule has 1 fully saturated rings. The Balaban J connectivity index is 2.20. The van der Waals surface area contributed by atoms with Crippen LogP contribution in [0.25, 0.3) is 0 Å². The lowest BCUT2D eigenvalue weighted by Gasteiger charge is -2.41. The lowest BCUT2D eigenvalue weighted by atomic mass is 10.1. The van der Waals surface area contributed by atoms with Gasteiger partial charge in [-0.3, -0.25) is 4.79 Å². The first-order chi connectivity index (χ1) is 9.97. The second-order valence-corrected chi connectivity index (χ2v) is 5.63. The van der Waals surface area contributed by atoms with E-state index >= 15 is 0 Å². The summed E-state index contributed by atoms with van der Waals surface area (Å²) in [5.41, 5.74) is 0.432. The van der Waals surface area contributed by atoms with Gasteiger partial charge in [0, 0.05) is 31.7 Å². The summed E-state index contributed by atoms with van der Waals surface area (Å²) in [7, 11) is 1.49. The molecule has 1 heterocycles. The molecule has 0 spiro atoms. The molecule has 0 aliphatic carbocycles. The summed E-state index contributed by atoms with van der Waals surface area (Å²) in [6, 6.07) is 2.80. The minimum absolute atomic E-state index is 0.0343. The molecule has 116 valence electrons. The van der Waals surface area contributed by atoms with Crippen LogP contribution in [0, 0.1) is 5.82 Å². The molecule has 1 amide bonds. The van der Waals surface area contributed by atoms with E-state index in [1.54, 1.807) is 11.0 Å². The molecule has 1 unspecified atom stereocenters. The van der Waals surface area contributed by atoms with E-state index in [2.05, 4.69) is 0 Å². The maximum Gasteiger partial charge on any atom is 0.237 e. The number of piperazine rings is 1. The Morgan fingerprint density at radius 3 is 2.76 bits per heavy atom. The Kier molecular flexibility index (Phi) is 5.17. The number of halogens is 3. The van der Waals surface area contributed by atoms with Gasteiger partial charge in [0.2, 0.25) is 5.91 Å². The van der Waals surface area contributed by atoms with Crippen molar-refractivity contribution in [3.63, 3.8) is 0 Å². The first-order valence-electron chi connectivity index (χ1n) is 6.61. The van der Waals surface area contributed by atoms with Crippen LogP contribution in [-0.2, 0) is 4.79 Å². The van der Waals surface area contributed by atoms with Crippen molar-refractivity contribution in [1.29, 1.82) is 0 Å². The zero-order valence-corrected chi connectivity index (χ0v) is 13.4. The third-order valence-corrected chi connectivity index (χ3v) is 4.15. The van der Waals surface area contributed by atoms with Gasteiger partial charge in [-0.05, 0) is 13.0 Å². The Labute approximate surface area is 133 Å². The molecule has 21 heavy (non-hydrogen) atoms. The number of hydrogen-bond acceptors (Lipinski definition) is 3. The van der Waals surface area contributed by atoms with Gasteiger partial charge in [0.25, 0.3) is 0 Å². The van der Waals surface area contributed by atoms with Gasteiger partial charge < -0.3 is 14.5 Å². The van der Waals surface area contributed by atoms with Crippen LogP contribution in [-0.4, -0.2) is 49.5 Å². The van der Waals surface area contributed by atoms with Gasteiger partial charge in [0.05, 0.1) is 17.8 Å². The molecule has 0 bridgehead atoms. The number of anilines is 1. The Morgan fingerprint density at radius 1 is 1.48 bits per heavy atom. The highest BCUT2D eigenvalue weighted by Crippen LogP contribution is 2.33. The number of ether oxygens (including phenoxy) is 1. The minimum atomic E-state index is -0.398. The van der Waals surface area contributed by atoms with Crippen LogP contribution in [0.15, 0.2) is 12.1 Å². The highest BCUT2D eigenvalue weighted by molar-refractivity contribution is 6.32. The van der Waals surface area contributed by atoms with Crippen molar-refractivity contribution < 1.29 is 13.9 Å². The molecule has 1 aromatic carbocycles. The molecule has 1 atom stereocenters. The summed E-state index contributed by atoms with van der Waals surface area (Å²) in [4.78, 5) is 15.3. The summed E-state index contributed by atoms with van der Waals surface area (Å²) in [5.74, 6) is -0.101. The number of nitrogens with zero attached hydrogens (tertiary/aromatic N) is 2. The zero-order valence-electron chi connectivity index (χ0n) is 11.9. The Morgan fingerprint density at radius 2 is 2.19 bits per heavy atom. The first-order valence-corrected chi connectivity index (χ1v) is 7.52. The summed E-state index contributed by atoms with van der Waals surface area (Å²) in [6.07, 6.45) is 0. The zero-order chi connectivity index (χ0) is 15.6. The Bertz CT molecular complexity index is 542. The maximum absolute atomic E-state index is 14.1. The van der Waals surface area contributed by atoms with E-state index in [1.807, 2.05) is 11.8 Å². The monoisotopic (exact) mass is 334 g/mol. The number of carbonyl (C=O) groups excluding carboxylic acids is 1. The number of alkyl halides is 1. The molecule has 1 aliphatic heterocycles. The van der Waals surface area contributed by atoms with Gasteiger partial charge in [-0.2, -0.15) is 0 Å². The topological polar surface area (TPSA) is 32.8 Å². The van der Waals surface area contributed by atoms with Crippen LogP contribution in [0.3, 0.4) is 0 Å². The van der Waals surface area contributed by atoms with E-state index in [9.17, 15) is 9.18 Å². The van der Waals surface area contributed by atoms with E-state index in [0.717, 1.165) is 0 Å². The lowest BCUT2D eigenvalue weighted by molar-refractivity contribution is -0.130. The second kappa shape index (κ2) is 6.71. The van der Waals surface area contributed by atoms with Gasteiger partial charge in [0.1, 0.15) is 17.4 Å². The molecule has 0 aromatic heterocycles. The molecule has 1 aromatic rings. The standard InChI is InChI=1S/C14H17Cl2FN2O2/c1-9-8-18(3-4-19(9)14(20)7-15)12-6-13(21-2)10(16)5-11(12)17/h5-6,9H,3-4,7-8H2,1-2H3. The molecule has 1 aliphatic rings. The minimum Gasteiger partial charge on any atom is -0.495 e. The smallest absolute Gasteiger partial charge is 0.237 e. The summed E-state index contributed by atoms with van der Waals surface area (Å²) < 4.78 is 19.2. The molecule has 0 N–H and O–H groups in total. The molecule has 4 nitrogen and oxygen atoms in total. The van der Waals surface area contributed by atoms with E-state index in [1.165, 1.54) is 13.2 Å². The van der Waals surface area contributed by atoms with Crippen LogP contribution >= 0.6 is 23.2 Å². The molecular formula is C14H17Cl2FN2O2. The number of benzene rings is 1. The van der Waals surface area contributed by atoms with Gasteiger partial charge >= 0.3 is 0 Å². The highest BCUT2D eigenvalue weighted by Gasteiger charge is 2.28. The van der Waals surface area contributed by atoms with Crippen molar-refractivity contribution in [3.05, 3.63) is 23.0 Å².